The van der Waals surface area contributed by atoms with E-state index in [1.54, 1.807) is 11.8 Å². The number of carbonyl (C=O) groups excluding carboxylic acids is 1. The van der Waals surface area contributed by atoms with Crippen LogP contribution in [0.3, 0.4) is 0 Å². The van der Waals surface area contributed by atoms with Crippen LogP contribution in [-0.4, -0.2) is 10.3 Å². The quantitative estimate of drug-likeness (QED) is 0.864. The number of nitrogens with zero attached hydrogens (tertiary/aromatic N) is 1. The number of carbonyl (C=O) groups is 1. The molecule has 1 aromatic carbocycles. The summed E-state index contributed by atoms with van der Waals surface area (Å²) in [5.74, 6) is 0.426. The first-order valence-electron chi connectivity index (χ1n) is 5.11. The number of rotatable bonds is 4. The molecule has 0 unspecified atom stereocenters. The predicted molar refractivity (Wildman–Crippen MR) is 71.4 cm³/mol. The normalized spacial score (nSPS) is 10.4. The zero-order chi connectivity index (χ0) is 12.3. The molecule has 0 aliphatic carbocycles. The lowest BCUT2D eigenvalue weighted by Gasteiger charge is -2.01. The van der Waals surface area contributed by atoms with Gasteiger partial charge in [0.15, 0.2) is 0 Å². The Balaban J connectivity index is 2.12. The highest BCUT2D eigenvalue weighted by Gasteiger charge is 2.15. The van der Waals surface area contributed by atoms with Gasteiger partial charge in [-0.15, -0.1) is 11.8 Å². The predicted octanol–water partition coefficient (Wildman–Crippen LogP) is 2.84. The van der Waals surface area contributed by atoms with Gasteiger partial charge in [0.05, 0.1) is 15.5 Å². The molecule has 1 aromatic heterocycles. The topological polar surface area (TPSA) is 56.0 Å². The van der Waals surface area contributed by atoms with Gasteiger partial charge >= 0.3 is 0 Å². The molecule has 0 atom stereocenters. The van der Waals surface area contributed by atoms with Crippen LogP contribution >= 0.6 is 23.3 Å². The van der Waals surface area contributed by atoms with Gasteiger partial charge in [0, 0.05) is 5.75 Å². The Morgan fingerprint density at radius 1 is 1.41 bits per heavy atom. The van der Waals surface area contributed by atoms with Gasteiger partial charge < -0.3 is 5.73 Å². The summed E-state index contributed by atoms with van der Waals surface area (Å²) >= 11 is 2.94. The molecule has 0 aliphatic heterocycles. The van der Waals surface area contributed by atoms with Crippen molar-refractivity contribution in [3.8, 4) is 0 Å². The van der Waals surface area contributed by atoms with Gasteiger partial charge in [-0.25, -0.2) is 0 Å². The van der Waals surface area contributed by atoms with Crippen LogP contribution in [0.2, 0.25) is 0 Å². The zero-order valence-electron chi connectivity index (χ0n) is 9.34. The molecule has 3 nitrogen and oxygen atoms in total. The van der Waals surface area contributed by atoms with E-state index < -0.39 is 5.91 Å². The lowest BCUT2D eigenvalue weighted by atomic mass is 10.2. The van der Waals surface area contributed by atoms with E-state index in [4.69, 9.17) is 5.73 Å². The molecule has 0 spiro atoms. The molecule has 0 saturated carbocycles. The van der Waals surface area contributed by atoms with Crippen LogP contribution in [0.5, 0.6) is 0 Å². The highest BCUT2D eigenvalue weighted by atomic mass is 32.2. The minimum atomic E-state index is -0.396. The van der Waals surface area contributed by atoms with Gasteiger partial charge in [-0.1, -0.05) is 30.3 Å². The van der Waals surface area contributed by atoms with E-state index in [1.807, 2.05) is 25.1 Å². The Kier molecular flexibility index (Phi) is 3.81. The highest BCUT2D eigenvalue weighted by Crippen LogP contribution is 2.31. The van der Waals surface area contributed by atoms with Gasteiger partial charge in [-0.2, -0.15) is 4.37 Å². The first-order valence-corrected chi connectivity index (χ1v) is 6.87. The maximum Gasteiger partial charge on any atom is 0.252 e. The second-order valence-electron chi connectivity index (χ2n) is 3.57. The van der Waals surface area contributed by atoms with Crippen molar-refractivity contribution < 1.29 is 4.79 Å². The van der Waals surface area contributed by atoms with Gasteiger partial charge in [-0.3, -0.25) is 4.79 Å². The molecular formula is C12H12N2OS2. The number of amides is 1. The third-order valence-electron chi connectivity index (χ3n) is 2.29. The van der Waals surface area contributed by atoms with Crippen LogP contribution < -0.4 is 5.73 Å². The smallest absolute Gasteiger partial charge is 0.252 e. The summed E-state index contributed by atoms with van der Waals surface area (Å²) in [6.07, 6.45) is 0. The summed E-state index contributed by atoms with van der Waals surface area (Å²) in [7, 11) is 0. The van der Waals surface area contributed by atoms with E-state index in [-0.39, 0.29) is 0 Å². The molecule has 1 heterocycles. The summed E-state index contributed by atoms with van der Waals surface area (Å²) in [6, 6.07) is 10.1. The average molecular weight is 264 g/mol. The standard InChI is InChI=1S/C12H12N2OS2/c1-8-10(11(13)15)12(17-14-8)16-7-9-5-3-2-4-6-9/h2-6H,7H2,1H3,(H2,13,15). The van der Waals surface area contributed by atoms with E-state index in [0.29, 0.717) is 5.56 Å². The Morgan fingerprint density at radius 3 is 2.76 bits per heavy atom. The number of benzene rings is 1. The molecule has 0 aliphatic rings. The fraction of sp³-hybridized carbons (Fsp3) is 0.167. The summed E-state index contributed by atoms with van der Waals surface area (Å²) in [5, 5.41) is 0. The van der Waals surface area contributed by atoms with Gasteiger partial charge in [0.1, 0.15) is 0 Å². The van der Waals surface area contributed by atoms with E-state index in [9.17, 15) is 4.79 Å². The third-order valence-corrected chi connectivity index (χ3v) is 4.55. The van der Waals surface area contributed by atoms with Crippen LogP contribution in [0.15, 0.2) is 34.5 Å². The highest BCUT2D eigenvalue weighted by molar-refractivity contribution is 8.00. The number of primary amides is 1. The molecule has 2 aromatic rings. The first-order chi connectivity index (χ1) is 8.18. The van der Waals surface area contributed by atoms with E-state index in [1.165, 1.54) is 17.1 Å². The summed E-state index contributed by atoms with van der Waals surface area (Å²) in [6.45, 7) is 1.81. The Bertz CT molecular complexity index is 523. The Morgan fingerprint density at radius 2 is 2.12 bits per heavy atom. The molecule has 0 saturated heterocycles. The second-order valence-corrected chi connectivity index (χ2v) is 5.59. The van der Waals surface area contributed by atoms with Crippen LogP contribution in [-0.2, 0) is 5.75 Å². The van der Waals surface area contributed by atoms with Gasteiger partial charge in [0.2, 0.25) is 0 Å². The van der Waals surface area contributed by atoms with Crippen LogP contribution in [0.1, 0.15) is 21.6 Å². The second kappa shape index (κ2) is 5.33. The fourth-order valence-corrected chi connectivity index (χ4v) is 3.48. The van der Waals surface area contributed by atoms with Crippen LogP contribution in [0, 0.1) is 6.92 Å². The fourth-order valence-electron chi connectivity index (χ4n) is 1.45. The third kappa shape index (κ3) is 2.87. The number of hydrogen-bond acceptors (Lipinski definition) is 4. The van der Waals surface area contributed by atoms with Gasteiger partial charge in [-0.05, 0) is 24.0 Å². The van der Waals surface area contributed by atoms with Crippen molar-refractivity contribution >= 4 is 29.2 Å². The Labute approximate surface area is 108 Å². The van der Waals surface area contributed by atoms with Crippen molar-refractivity contribution in [3.05, 3.63) is 47.2 Å². The zero-order valence-corrected chi connectivity index (χ0v) is 11.0. The largest absolute Gasteiger partial charge is 0.365 e. The van der Waals surface area contributed by atoms with Gasteiger partial charge in [0.25, 0.3) is 5.91 Å². The van der Waals surface area contributed by atoms with Crippen LogP contribution in [0.4, 0.5) is 0 Å². The van der Waals surface area contributed by atoms with Crippen molar-refractivity contribution in [2.75, 3.05) is 0 Å². The number of hydrogen-bond donors (Lipinski definition) is 1. The maximum absolute atomic E-state index is 11.3. The maximum atomic E-state index is 11.3. The van der Waals surface area contributed by atoms with Crippen molar-refractivity contribution in [1.82, 2.24) is 4.37 Å². The van der Waals surface area contributed by atoms with Crippen molar-refractivity contribution in [3.63, 3.8) is 0 Å². The molecule has 17 heavy (non-hydrogen) atoms. The van der Waals surface area contributed by atoms with Crippen molar-refractivity contribution in [1.29, 1.82) is 0 Å². The molecule has 2 N–H and O–H groups in total. The Hall–Kier alpha value is -1.33. The molecule has 88 valence electrons. The molecule has 0 radical (unpaired) electrons. The van der Waals surface area contributed by atoms with Crippen molar-refractivity contribution in [2.24, 2.45) is 5.73 Å². The van der Waals surface area contributed by atoms with E-state index in [2.05, 4.69) is 16.5 Å². The molecule has 1 amide bonds. The first kappa shape index (κ1) is 12.1. The molecular weight excluding hydrogens is 252 g/mol. The molecule has 0 bridgehead atoms. The number of nitrogens with two attached hydrogens (primary N) is 1. The average Bonchev–Trinajstić information content (AvgIpc) is 2.69. The molecule has 5 heteroatoms. The summed E-state index contributed by atoms with van der Waals surface area (Å²) in [5.41, 5.74) is 7.85. The number of thioether (sulfide) groups is 1. The van der Waals surface area contributed by atoms with Crippen LogP contribution in [0.25, 0.3) is 0 Å². The minimum Gasteiger partial charge on any atom is -0.365 e. The lowest BCUT2D eigenvalue weighted by Crippen LogP contribution is -2.12. The SMILES string of the molecule is Cc1nsc(SCc2ccccc2)c1C(N)=O. The van der Waals surface area contributed by atoms with E-state index >= 15 is 0 Å². The number of aromatic nitrogens is 1. The lowest BCUT2D eigenvalue weighted by molar-refractivity contribution is 0.0997. The summed E-state index contributed by atoms with van der Waals surface area (Å²) < 4.78 is 5.07. The monoisotopic (exact) mass is 264 g/mol. The van der Waals surface area contributed by atoms with E-state index in [0.717, 1.165) is 15.7 Å². The van der Waals surface area contributed by atoms with Crippen molar-refractivity contribution in [2.45, 2.75) is 16.9 Å². The molecule has 2 rings (SSSR count). The molecule has 0 fully saturated rings. The minimum absolute atomic E-state index is 0.396. The number of aryl methyl sites for hydroxylation is 1. The summed E-state index contributed by atoms with van der Waals surface area (Å²) in [4.78, 5) is 11.3.